The average molecular weight is 257 g/mol. The maximum absolute atomic E-state index is 12.1. The van der Waals surface area contributed by atoms with Crippen molar-refractivity contribution < 1.29 is 4.79 Å². The molecule has 2 aromatic rings. The van der Waals surface area contributed by atoms with Crippen LogP contribution in [0.15, 0.2) is 47.4 Å². The van der Waals surface area contributed by atoms with Crippen molar-refractivity contribution in [2.24, 2.45) is 0 Å². The Morgan fingerprint density at radius 2 is 2.00 bits per heavy atom. The van der Waals surface area contributed by atoms with Crippen LogP contribution in [0.2, 0.25) is 0 Å². The molecule has 0 spiro atoms. The molecule has 98 valence electrons. The van der Waals surface area contributed by atoms with Crippen LogP contribution < -0.4 is 15.8 Å². The summed E-state index contributed by atoms with van der Waals surface area (Å²) in [5.74, 6) is -0.212. The lowest BCUT2D eigenvalue weighted by molar-refractivity contribution is 0.102. The minimum absolute atomic E-state index is 0.201. The topological polar surface area (TPSA) is 65.2 Å². The number of rotatable bonds is 3. The van der Waals surface area contributed by atoms with E-state index < -0.39 is 0 Å². The molecule has 0 radical (unpaired) electrons. The number of hydrogen-bond acceptors (Lipinski definition) is 3. The minimum Gasteiger partial charge on any atom is -0.378 e. The van der Waals surface area contributed by atoms with Gasteiger partial charge in [0.15, 0.2) is 0 Å². The molecule has 1 aromatic carbocycles. The molecule has 1 amide bonds. The van der Waals surface area contributed by atoms with Crippen molar-refractivity contribution in [1.82, 2.24) is 4.98 Å². The summed E-state index contributed by atoms with van der Waals surface area (Å²) in [5, 5.41) is 2.72. The molecule has 0 unspecified atom stereocenters. The Hall–Kier alpha value is -2.56. The Morgan fingerprint density at radius 1 is 1.21 bits per heavy atom. The largest absolute Gasteiger partial charge is 0.378 e. The summed E-state index contributed by atoms with van der Waals surface area (Å²) in [5.41, 5.74) is 1.87. The standard InChI is InChI=1S/C14H15N3O2/c1-17(2)12-5-3-4-10(8-12)14(19)16-11-6-7-13(18)15-9-11/h3-9H,1-2H3,(H,15,18)(H,16,19). The first-order valence-electron chi connectivity index (χ1n) is 5.84. The van der Waals surface area contributed by atoms with E-state index in [1.54, 1.807) is 18.2 Å². The number of pyridine rings is 1. The van der Waals surface area contributed by atoms with Crippen LogP contribution in [-0.2, 0) is 0 Å². The van der Waals surface area contributed by atoms with Gasteiger partial charge in [0, 0.05) is 37.6 Å². The van der Waals surface area contributed by atoms with Gasteiger partial charge in [-0.3, -0.25) is 9.59 Å². The van der Waals surface area contributed by atoms with Crippen molar-refractivity contribution in [3.63, 3.8) is 0 Å². The number of anilines is 2. The van der Waals surface area contributed by atoms with Gasteiger partial charge >= 0.3 is 0 Å². The van der Waals surface area contributed by atoms with Gasteiger partial charge in [-0.15, -0.1) is 0 Å². The van der Waals surface area contributed by atoms with Gasteiger partial charge in [0.2, 0.25) is 5.56 Å². The predicted octanol–water partition coefficient (Wildman–Crippen LogP) is 1.69. The van der Waals surface area contributed by atoms with Gasteiger partial charge in [0.25, 0.3) is 5.91 Å². The monoisotopic (exact) mass is 257 g/mol. The highest BCUT2D eigenvalue weighted by molar-refractivity contribution is 6.04. The molecule has 0 aliphatic rings. The van der Waals surface area contributed by atoms with Crippen LogP contribution in [0.1, 0.15) is 10.4 Å². The number of hydrogen-bond donors (Lipinski definition) is 2. The number of carbonyl (C=O) groups is 1. The van der Waals surface area contributed by atoms with Crippen LogP contribution in [0, 0.1) is 0 Å². The molecule has 2 rings (SSSR count). The highest BCUT2D eigenvalue weighted by atomic mass is 16.1. The minimum atomic E-state index is -0.212. The third-order valence-electron chi connectivity index (χ3n) is 2.67. The quantitative estimate of drug-likeness (QED) is 0.879. The van der Waals surface area contributed by atoms with Crippen LogP contribution in [0.5, 0.6) is 0 Å². The molecule has 0 atom stereocenters. The highest BCUT2D eigenvalue weighted by Crippen LogP contribution is 2.14. The lowest BCUT2D eigenvalue weighted by Crippen LogP contribution is -2.15. The fourth-order valence-electron chi connectivity index (χ4n) is 1.62. The number of benzene rings is 1. The third-order valence-corrected chi connectivity index (χ3v) is 2.67. The second-order valence-electron chi connectivity index (χ2n) is 4.34. The van der Waals surface area contributed by atoms with Gasteiger partial charge in [-0.2, -0.15) is 0 Å². The van der Waals surface area contributed by atoms with Crippen LogP contribution in [0.4, 0.5) is 11.4 Å². The van der Waals surface area contributed by atoms with Crippen LogP contribution >= 0.6 is 0 Å². The Labute approximate surface area is 110 Å². The van der Waals surface area contributed by atoms with E-state index in [-0.39, 0.29) is 11.5 Å². The van der Waals surface area contributed by atoms with Gasteiger partial charge in [0.05, 0.1) is 5.69 Å². The number of aromatic amines is 1. The van der Waals surface area contributed by atoms with Gasteiger partial charge in [-0.25, -0.2) is 0 Å². The van der Waals surface area contributed by atoms with Crippen molar-refractivity contribution in [2.45, 2.75) is 0 Å². The van der Waals surface area contributed by atoms with E-state index in [1.807, 2.05) is 31.1 Å². The number of H-pyrrole nitrogens is 1. The number of carbonyl (C=O) groups excluding carboxylic acids is 1. The zero-order valence-corrected chi connectivity index (χ0v) is 10.8. The van der Waals surface area contributed by atoms with E-state index in [0.717, 1.165) is 5.69 Å². The lowest BCUT2D eigenvalue weighted by atomic mass is 10.2. The Kier molecular flexibility index (Phi) is 3.66. The summed E-state index contributed by atoms with van der Waals surface area (Å²) >= 11 is 0. The van der Waals surface area contributed by atoms with E-state index in [4.69, 9.17) is 0 Å². The lowest BCUT2D eigenvalue weighted by Gasteiger charge is -2.13. The second-order valence-corrected chi connectivity index (χ2v) is 4.34. The van der Waals surface area contributed by atoms with Gasteiger partial charge in [0.1, 0.15) is 0 Å². The fourth-order valence-corrected chi connectivity index (χ4v) is 1.62. The summed E-state index contributed by atoms with van der Waals surface area (Å²) in [7, 11) is 3.83. The molecule has 19 heavy (non-hydrogen) atoms. The Bertz CT molecular complexity index is 627. The van der Waals surface area contributed by atoms with Crippen molar-refractivity contribution in [2.75, 3.05) is 24.3 Å². The third kappa shape index (κ3) is 3.22. The van der Waals surface area contributed by atoms with Gasteiger partial charge < -0.3 is 15.2 Å². The molecule has 1 heterocycles. The Morgan fingerprint density at radius 3 is 2.63 bits per heavy atom. The molecule has 1 aromatic heterocycles. The number of nitrogens with one attached hydrogen (secondary N) is 2. The van der Waals surface area contributed by atoms with Crippen molar-refractivity contribution in [3.05, 3.63) is 58.5 Å². The first-order chi connectivity index (χ1) is 9.06. The molecule has 0 saturated carbocycles. The molecule has 0 aliphatic carbocycles. The van der Waals surface area contributed by atoms with Gasteiger partial charge in [-0.1, -0.05) is 6.07 Å². The van der Waals surface area contributed by atoms with E-state index in [2.05, 4.69) is 10.3 Å². The first-order valence-corrected chi connectivity index (χ1v) is 5.84. The molecule has 0 saturated heterocycles. The summed E-state index contributed by atoms with van der Waals surface area (Å²) in [6.45, 7) is 0. The molecule has 0 aliphatic heterocycles. The smallest absolute Gasteiger partial charge is 0.255 e. The zero-order chi connectivity index (χ0) is 13.8. The molecular formula is C14H15N3O2. The normalized spacial score (nSPS) is 10.0. The molecule has 0 fully saturated rings. The summed E-state index contributed by atoms with van der Waals surface area (Å²) < 4.78 is 0. The number of amides is 1. The maximum atomic E-state index is 12.1. The van der Waals surface area contributed by atoms with E-state index >= 15 is 0 Å². The molecule has 5 heteroatoms. The van der Waals surface area contributed by atoms with Crippen molar-refractivity contribution in [1.29, 1.82) is 0 Å². The van der Waals surface area contributed by atoms with E-state index in [1.165, 1.54) is 12.3 Å². The van der Waals surface area contributed by atoms with Crippen molar-refractivity contribution >= 4 is 17.3 Å². The second kappa shape index (κ2) is 5.39. The first kappa shape index (κ1) is 12.9. The van der Waals surface area contributed by atoms with Crippen LogP contribution in [0.3, 0.4) is 0 Å². The molecular weight excluding hydrogens is 242 g/mol. The van der Waals surface area contributed by atoms with Crippen molar-refractivity contribution in [3.8, 4) is 0 Å². The van der Waals surface area contributed by atoms with Gasteiger partial charge in [-0.05, 0) is 24.3 Å². The van der Waals surface area contributed by atoms with Crippen LogP contribution in [0.25, 0.3) is 0 Å². The molecule has 0 bridgehead atoms. The Balaban J connectivity index is 2.18. The number of aromatic nitrogens is 1. The molecule has 2 N–H and O–H groups in total. The summed E-state index contributed by atoms with van der Waals surface area (Å²) in [6.07, 6.45) is 1.47. The molecule has 5 nitrogen and oxygen atoms in total. The summed E-state index contributed by atoms with van der Waals surface area (Å²) in [6, 6.07) is 10.2. The predicted molar refractivity (Wildman–Crippen MR) is 75.8 cm³/mol. The zero-order valence-electron chi connectivity index (χ0n) is 10.8. The van der Waals surface area contributed by atoms with Crippen LogP contribution in [-0.4, -0.2) is 25.0 Å². The SMILES string of the molecule is CN(C)c1cccc(C(=O)Nc2ccc(=O)[nH]c2)c1. The van der Waals surface area contributed by atoms with E-state index in [9.17, 15) is 9.59 Å². The highest BCUT2D eigenvalue weighted by Gasteiger charge is 2.07. The average Bonchev–Trinajstić information content (AvgIpc) is 2.41. The fraction of sp³-hybridized carbons (Fsp3) is 0.143. The maximum Gasteiger partial charge on any atom is 0.255 e. The van der Waals surface area contributed by atoms with E-state index in [0.29, 0.717) is 11.3 Å². The summed E-state index contributed by atoms with van der Waals surface area (Å²) in [4.78, 5) is 27.4. The number of nitrogens with zero attached hydrogens (tertiary/aromatic N) is 1.